The van der Waals surface area contributed by atoms with E-state index in [0.29, 0.717) is 37.7 Å². The number of carbonyl (C=O) groups is 2. The van der Waals surface area contributed by atoms with Crippen molar-refractivity contribution in [2.75, 3.05) is 37.0 Å². The van der Waals surface area contributed by atoms with Crippen molar-refractivity contribution < 1.29 is 19.4 Å². The molecular weight excluding hydrogens is 298 g/mol. The van der Waals surface area contributed by atoms with E-state index in [-0.39, 0.29) is 12.5 Å². The van der Waals surface area contributed by atoms with Crippen LogP contribution in [-0.2, 0) is 14.3 Å². The van der Waals surface area contributed by atoms with Crippen molar-refractivity contribution in [3.8, 4) is 0 Å². The van der Waals surface area contributed by atoms with Crippen molar-refractivity contribution >= 4 is 35.4 Å². The van der Waals surface area contributed by atoms with Gasteiger partial charge < -0.3 is 15.2 Å². The minimum absolute atomic E-state index is 0.0304. The van der Waals surface area contributed by atoms with Gasteiger partial charge in [-0.2, -0.15) is 23.5 Å². The van der Waals surface area contributed by atoms with Gasteiger partial charge in [0, 0.05) is 48.7 Å². The van der Waals surface area contributed by atoms with Crippen molar-refractivity contribution in [3.05, 3.63) is 0 Å². The van der Waals surface area contributed by atoms with Crippen LogP contribution in [-0.4, -0.2) is 59.3 Å². The number of hydrogen-bond acceptors (Lipinski definition) is 5. The molecule has 0 aliphatic carbocycles. The Labute approximate surface area is 127 Å². The molecule has 1 atom stereocenters. The molecule has 1 unspecified atom stereocenters. The van der Waals surface area contributed by atoms with Crippen LogP contribution in [0.25, 0.3) is 0 Å². The number of nitrogens with one attached hydrogen (secondary N) is 1. The Morgan fingerprint density at radius 2 is 2.05 bits per heavy atom. The van der Waals surface area contributed by atoms with Crippen molar-refractivity contribution in [2.45, 2.75) is 24.5 Å². The lowest BCUT2D eigenvalue weighted by atomic mass is 9.80. The first-order valence-electron chi connectivity index (χ1n) is 6.90. The van der Waals surface area contributed by atoms with Crippen LogP contribution in [0, 0.1) is 5.41 Å². The van der Waals surface area contributed by atoms with E-state index in [9.17, 15) is 14.7 Å². The van der Waals surface area contributed by atoms with Gasteiger partial charge >= 0.3 is 5.97 Å². The molecule has 0 aromatic rings. The second-order valence-electron chi connectivity index (χ2n) is 5.25. The molecule has 2 N–H and O–H groups in total. The predicted octanol–water partition coefficient (Wildman–Crippen LogP) is 1.22. The van der Waals surface area contributed by atoms with Crippen LogP contribution >= 0.6 is 23.5 Å². The van der Waals surface area contributed by atoms with Gasteiger partial charge in [0.05, 0.1) is 5.41 Å². The summed E-state index contributed by atoms with van der Waals surface area (Å²) in [5.74, 6) is 2.40. The zero-order valence-corrected chi connectivity index (χ0v) is 13.1. The van der Waals surface area contributed by atoms with Gasteiger partial charge in [0.15, 0.2) is 0 Å². The molecule has 0 spiro atoms. The van der Waals surface area contributed by atoms with Crippen LogP contribution in [0.3, 0.4) is 0 Å². The SMILES string of the molecule is O=C(CC1CSCCS1)NCC1(C(=O)O)CCOCC1. The molecule has 0 aromatic carbocycles. The Morgan fingerprint density at radius 1 is 1.30 bits per heavy atom. The Hall–Kier alpha value is -0.400. The first-order valence-corrected chi connectivity index (χ1v) is 9.10. The number of aliphatic carboxylic acids is 1. The Kier molecular flexibility index (Phi) is 6.04. The lowest BCUT2D eigenvalue weighted by Crippen LogP contribution is -2.47. The lowest BCUT2D eigenvalue weighted by molar-refractivity contribution is -0.154. The number of hydrogen-bond donors (Lipinski definition) is 2. The summed E-state index contributed by atoms with van der Waals surface area (Å²) in [5, 5.41) is 12.6. The number of carboxylic acid groups (broad SMARTS) is 1. The van der Waals surface area contributed by atoms with Crippen LogP contribution in [0.2, 0.25) is 0 Å². The number of rotatable bonds is 5. The average Bonchev–Trinajstić information content (AvgIpc) is 2.47. The second kappa shape index (κ2) is 7.56. The van der Waals surface area contributed by atoms with Crippen LogP contribution in [0.1, 0.15) is 19.3 Å². The normalized spacial score (nSPS) is 25.9. The molecule has 114 valence electrons. The molecule has 2 rings (SSSR count). The Morgan fingerprint density at radius 3 is 2.65 bits per heavy atom. The number of carbonyl (C=O) groups excluding carboxylic acids is 1. The minimum Gasteiger partial charge on any atom is -0.481 e. The molecule has 0 radical (unpaired) electrons. The summed E-state index contributed by atoms with van der Waals surface area (Å²) in [4.78, 5) is 23.4. The first kappa shape index (κ1) is 16.0. The van der Waals surface area contributed by atoms with E-state index >= 15 is 0 Å². The van der Waals surface area contributed by atoms with E-state index in [4.69, 9.17) is 4.74 Å². The highest BCUT2D eigenvalue weighted by Crippen LogP contribution is 2.30. The molecule has 1 amide bonds. The number of ether oxygens (including phenoxy) is 1. The molecule has 2 fully saturated rings. The third-order valence-corrected chi connectivity index (χ3v) is 6.67. The Bertz CT molecular complexity index is 352. The van der Waals surface area contributed by atoms with Crippen LogP contribution in [0.5, 0.6) is 0 Å². The fourth-order valence-corrected chi connectivity index (χ4v) is 5.11. The maximum Gasteiger partial charge on any atom is 0.311 e. The maximum atomic E-state index is 12.0. The molecule has 0 saturated carbocycles. The third-order valence-electron chi connectivity index (χ3n) is 3.83. The van der Waals surface area contributed by atoms with Crippen molar-refractivity contribution in [1.82, 2.24) is 5.32 Å². The van der Waals surface area contributed by atoms with Crippen molar-refractivity contribution in [2.24, 2.45) is 5.41 Å². The molecule has 2 aliphatic rings. The van der Waals surface area contributed by atoms with E-state index in [1.165, 1.54) is 0 Å². The zero-order chi connectivity index (χ0) is 14.4. The maximum absolute atomic E-state index is 12.0. The van der Waals surface area contributed by atoms with E-state index in [0.717, 1.165) is 17.3 Å². The van der Waals surface area contributed by atoms with Crippen LogP contribution < -0.4 is 5.32 Å². The fraction of sp³-hybridized carbons (Fsp3) is 0.846. The summed E-state index contributed by atoms with van der Waals surface area (Å²) in [6.07, 6.45) is 1.43. The molecule has 7 heteroatoms. The summed E-state index contributed by atoms with van der Waals surface area (Å²) >= 11 is 3.72. The smallest absolute Gasteiger partial charge is 0.311 e. The quantitative estimate of drug-likeness (QED) is 0.794. The van der Waals surface area contributed by atoms with Gasteiger partial charge in [0.2, 0.25) is 5.91 Å². The molecular formula is C13H21NO4S2. The largest absolute Gasteiger partial charge is 0.481 e. The topological polar surface area (TPSA) is 75.6 Å². The average molecular weight is 319 g/mol. The predicted molar refractivity (Wildman–Crippen MR) is 81.3 cm³/mol. The van der Waals surface area contributed by atoms with E-state index in [2.05, 4.69) is 5.32 Å². The first-order chi connectivity index (χ1) is 9.62. The summed E-state index contributed by atoms with van der Waals surface area (Å²) < 4.78 is 5.22. The van der Waals surface area contributed by atoms with Crippen molar-refractivity contribution in [1.29, 1.82) is 0 Å². The highest BCUT2D eigenvalue weighted by molar-refractivity contribution is 8.06. The molecule has 0 aromatic heterocycles. The van der Waals surface area contributed by atoms with Gasteiger partial charge in [-0.05, 0) is 12.8 Å². The van der Waals surface area contributed by atoms with E-state index in [1.807, 2.05) is 23.5 Å². The summed E-state index contributed by atoms with van der Waals surface area (Å²) in [6.45, 7) is 1.13. The molecule has 2 aliphatic heterocycles. The number of carboxylic acids is 1. The third kappa shape index (κ3) is 4.30. The zero-order valence-electron chi connectivity index (χ0n) is 11.4. The highest BCUT2D eigenvalue weighted by Gasteiger charge is 2.40. The summed E-state index contributed by atoms with van der Waals surface area (Å²) in [5.41, 5.74) is -0.845. The summed E-state index contributed by atoms with van der Waals surface area (Å²) in [7, 11) is 0. The highest BCUT2D eigenvalue weighted by atomic mass is 32.2. The second-order valence-corrected chi connectivity index (χ2v) is 7.80. The molecule has 5 nitrogen and oxygen atoms in total. The van der Waals surface area contributed by atoms with Crippen LogP contribution in [0.15, 0.2) is 0 Å². The number of amides is 1. The van der Waals surface area contributed by atoms with Gasteiger partial charge in [-0.3, -0.25) is 9.59 Å². The molecule has 20 heavy (non-hydrogen) atoms. The van der Waals surface area contributed by atoms with Gasteiger partial charge in [-0.1, -0.05) is 0 Å². The molecule has 2 saturated heterocycles. The minimum atomic E-state index is -0.845. The molecule has 0 bridgehead atoms. The summed E-state index contributed by atoms with van der Waals surface area (Å²) in [6, 6.07) is 0. The fourth-order valence-electron chi connectivity index (χ4n) is 2.43. The number of thioether (sulfide) groups is 2. The monoisotopic (exact) mass is 319 g/mol. The standard InChI is InChI=1S/C13H21NO4S2/c15-11(7-10-8-19-5-6-20-10)14-9-13(12(16)17)1-3-18-4-2-13/h10H,1-9H2,(H,14,15)(H,16,17). The lowest BCUT2D eigenvalue weighted by Gasteiger charge is -2.33. The van der Waals surface area contributed by atoms with E-state index in [1.54, 1.807) is 0 Å². The van der Waals surface area contributed by atoms with Gasteiger partial charge in [0.25, 0.3) is 0 Å². The van der Waals surface area contributed by atoms with Crippen LogP contribution in [0.4, 0.5) is 0 Å². The van der Waals surface area contributed by atoms with Crippen molar-refractivity contribution in [3.63, 3.8) is 0 Å². The molecule has 2 heterocycles. The van der Waals surface area contributed by atoms with Gasteiger partial charge in [-0.25, -0.2) is 0 Å². The van der Waals surface area contributed by atoms with E-state index < -0.39 is 11.4 Å². The Balaban J connectivity index is 1.79. The van der Waals surface area contributed by atoms with Gasteiger partial charge in [-0.15, -0.1) is 0 Å². The van der Waals surface area contributed by atoms with Gasteiger partial charge in [0.1, 0.15) is 0 Å².